The lowest BCUT2D eigenvalue weighted by molar-refractivity contribution is 0.0886. The van der Waals surface area contributed by atoms with Crippen molar-refractivity contribution in [3.8, 4) is 0 Å². The van der Waals surface area contributed by atoms with E-state index in [0.29, 0.717) is 18.4 Å². The molecule has 0 spiro atoms. The molecule has 7 nitrogen and oxygen atoms in total. The highest BCUT2D eigenvalue weighted by molar-refractivity contribution is 6.00. The lowest BCUT2D eigenvalue weighted by atomic mass is 9.86. The van der Waals surface area contributed by atoms with Crippen molar-refractivity contribution in [1.82, 2.24) is 15.2 Å². The minimum Gasteiger partial charge on any atom is -0.409 e. The molecule has 2 heterocycles. The molecule has 1 saturated heterocycles. The van der Waals surface area contributed by atoms with E-state index in [1.54, 1.807) is 18.3 Å². The summed E-state index contributed by atoms with van der Waals surface area (Å²) in [5, 5.41) is 15.1. The number of pyridine rings is 1. The van der Waals surface area contributed by atoms with E-state index in [2.05, 4.69) is 20.4 Å². The number of nitrogens with one attached hydrogen (secondary N) is 1. The third-order valence-electron chi connectivity index (χ3n) is 3.95. The Balaban J connectivity index is 2.21. The lowest BCUT2D eigenvalue weighted by Gasteiger charge is -2.40. The number of hydrogen-bond donors (Lipinski definition) is 3. The summed E-state index contributed by atoms with van der Waals surface area (Å²) in [4.78, 5) is 18.6. The molecule has 114 valence electrons. The van der Waals surface area contributed by atoms with Crippen molar-refractivity contribution in [2.45, 2.75) is 25.3 Å². The quantitative estimate of drug-likeness (QED) is 0.322. The molecule has 1 amide bonds. The van der Waals surface area contributed by atoms with Gasteiger partial charge in [0.2, 0.25) is 0 Å². The van der Waals surface area contributed by atoms with Gasteiger partial charge in [0.1, 0.15) is 5.54 Å². The van der Waals surface area contributed by atoms with Crippen LogP contribution in [0.25, 0.3) is 0 Å². The summed E-state index contributed by atoms with van der Waals surface area (Å²) in [5.74, 6) is -0.189. The number of oxime groups is 1. The molecule has 0 aliphatic carbocycles. The number of carbonyl (C=O) groups excluding carboxylic acids is 1. The molecular weight excluding hydrogens is 270 g/mol. The molecule has 0 aromatic carbocycles. The Morgan fingerprint density at radius 1 is 1.52 bits per heavy atom. The second-order valence-electron chi connectivity index (χ2n) is 5.51. The zero-order chi connectivity index (χ0) is 15.5. The van der Waals surface area contributed by atoms with Crippen molar-refractivity contribution in [2.24, 2.45) is 10.9 Å². The second-order valence-corrected chi connectivity index (χ2v) is 5.51. The third-order valence-corrected chi connectivity index (χ3v) is 3.95. The van der Waals surface area contributed by atoms with Gasteiger partial charge in [0.05, 0.1) is 0 Å². The Hall–Kier alpha value is -2.15. The fourth-order valence-electron chi connectivity index (χ4n) is 2.52. The number of aryl methyl sites for hydroxylation is 1. The van der Waals surface area contributed by atoms with Gasteiger partial charge in [0.25, 0.3) is 5.91 Å². The number of piperidine rings is 1. The molecule has 1 aliphatic rings. The highest BCUT2D eigenvalue weighted by Gasteiger charge is 2.39. The molecule has 1 fully saturated rings. The Kier molecular flexibility index (Phi) is 4.42. The highest BCUT2D eigenvalue weighted by atomic mass is 16.4. The number of rotatable bonds is 3. The van der Waals surface area contributed by atoms with Crippen LogP contribution >= 0.6 is 0 Å². The van der Waals surface area contributed by atoms with Crippen LogP contribution in [0, 0.1) is 6.92 Å². The molecule has 1 aromatic heterocycles. The van der Waals surface area contributed by atoms with Gasteiger partial charge in [-0.3, -0.25) is 9.78 Å². The normalized spacial score (nSPS) is 19.2. The second kappa shape index (κ2) is 6.09. The van der Waals surface area contributed by atoms with Gasteiger partial charge in [-0.25, -0.2) is 0 Å². The predicted molar refractivity (Wildman–Crippen MR) is 79.3 cm³/mol. The molecular formula is C14H21N5O2. The van der Waals surface area contributed by atoms with Crippen LogP contribution in [0.15, 0.2) is 23.5 Å². The van der Waals surface area contributed by atoms with Gasteiger partial charge in [-0.15, -0.1) is 0 Å². The summed E-state index contributed by atoms with van der Waals surface area (Å²) in [6.07, 6.45) is 2.81. The number of nitrogens with zero attached hydrogens (tertiary/aromatic N) is 3. The number of hydrogen-bond acceptors (Lipinski definition) is 5. The predicted octanol–water partition coefficient (Wildman–Crippen LogP) is 0.331. The lowest BCUT2D eigenvalue weighted by Crippen LogP contribution is -2.62. The number of aromatic nitrogens is 1. The molecule has 4 N–H and O–H groups in total. The standard InChI is InChI=1S/C14H21N5O2/c1-10-9-11(3-6-16-10)12(20)17-14(13(15)18-21)4-7-19(2)8-5-14/h3,6,9,21H,4-5,7-8H2,1-2H3,(H2,15,18)(H,17,20). The number of amides is 1. The van der Waals surface area contributed by atoms with Crippen LogP contribution in [0.3, 0.4) is 0 Å². The van der Waals surface area contributed by atoms with Crippen LogP contribution in [0.4, 0.5) is 0 Å². The summed E-state index contributed by atoms with van der Waals surface area (Å²) < 4.78 is 0. The SMILES string of the molecule is Cc1cc(C(=O)NC2(/C(N)=N/O)CCN(C)CC2)ccn1. The Labute approximate surface area is 123 Å². The van der Waals surface area contributed by atoms with Crippen molar-refractivity contribution in [3.05, 3.63) is 29.6 Å². The van der Waals surface area contributed by atoms with Crippen LogP contribution in [0.1, 0.15) is 28.9 Å². The minimum atomic E-state index is -0.796. The van der Waals surface area contributed by atoms with E-state index in [4.69, 9.17) is 10.9 Å². The van der Waals surface area contributed by atoms with Gasteiger partial charge in [-0.2, -0.15) is 0 Å². The van der Waals surface area contributed by atoms with Crippen molar-refractivity contribution in [3.63, 3.8) is 0 Å². The maximum Gasteiger partial charge on any atom is 0.252 e. The van der Waals surface area contributed by atoms with Crippen molar-refractivity contribution >= 4 is 11.7 Å². The molecule has 0 unspecified atom stereocenters. The van der Waals surface area contributed by atoms with Crippen LogP contribution in [0.2, 0.25) is 0 Å². The molecule has 1 aliphatic heterocycles. The van der Waals surface area contributed by atoms with E-state index >= 15 is 0 Å². The molecule has 1 aromatic rings. The Bertz CT molecular complexity index is 550. The highest BCUT2D eigenvalue weighted by Crippen LogP contribution is 2.22. The van der Waals surface area contributed by atoms with E-state index in [1.807, 2.05) is 14.0 Å². The van der Waals surface area contributed by atoms with Crippen molar-refractivity contribution < 1.29 is 10.0 Å². The molecule has 2 rings (SSSR count). The van der Waals surface area contributed by atoms with Gasteiger partial charge < -0.3 is 21.2 Å². The third kappa shape index (κ3) is 3.30. The first-order chi connectivity index (χ1) is 9.97. The molecule has 0 radical (unpaired) electrons. The average molecular weight is 291 g/mol. The minimum absolute atomic E-state index is 0.0507. The monoisotopic (exact) mass is 291 g/mol. The summed E-state index contributed by atoms with van der Waals surface area (Å²) >= 11 is 0. The van der Waals surface area contributed by atoms with Gasteiger partial charge in [-0.1, -0.05) is 5.16 Å². The van der Waals surface area contributed by atoms with Gasteiger partial charge in [0, 0.05) is 30.5 Å². The number of nitrogens with two attached hydrogens (primary N) is 1. The summed E-state index contributed by atoms with van der Waals surface area (Å²) in [5.41, 5.74) is 6.33. The van der Waals surface area contributed by atoms with Gasteiger partial charge >= 0.3 is 0 Å². The number of amidine groups is 1. The fraction of sp³-hybridized carbons (Fsp3) is 0.500. The van der Waals surface area contributed by atoms with Crippen LogP contribution in [-0.4, -0.2) is 52.5 Å². The smallest absolute Gasteiger partial charge is 0.252 e. The van der Waals surface area contributed by atoms with Crippen LogP contribution < -0.4 is 11.1 Å². The van der Waals surface area contributed by atoms with E-state index < -0.39 is 5.54 Å². The molecule has 0 saturated carbocycles. The first-order valence-electron chi connectivity index (χ1n) is 6.88. The summed E-state index contributed by atoms with van der Waals surface area (Å²) in [7, 11) is 2.00. The molecule has 0 atom stereocenters. The number of carbonyl (C=O) groups is 1. The van der Waals surface area contributed by atoms with Crippen molar-refractivity contribution in [1.29, 1.82) is 0 Å². The summed E-state index contributed by atoms with van der Waals surface area (Å²) in [6, 6.07) is 3.36. The van der Waals surface area contributed by atoms with E-state index in [-0.39, 0.29) is 11.7 Å². The summed E-state index contributed by atoms with van der Waals surface area (Å²) in [6.45, 7) is 3.36. The largest absolute Gasteiger partial charge is 0.409 e. The first kappa shape index (κ1) is 15.2. The van der Waals surface area contributed by atoms with Crippen LogP contribution in [0.5, 0.6) is 0 Å². The molecule has 7 heteroatoms. The average Bonchev–Trinajstić information content (AvgIpc) is 2.49. The zero-order valence-electron chi connectivity index (χ0n) is 12.3. The fourth-order valence-corrected chi connectivity index (χ4v) is 2.52. The maximum absolute atomic E-state index is 12.4. The van der Waals surface area contributed by atoms with Gasteiger partial charge in [0.15, 0.2) is 5.84 Å². The maximum atomic E-state index is 12.4. The van der Waals surface area contributed by atoms with Crippen LogP contribution in [-0.2, 0) is 0 Å². The Morgan fingerprint density at radius 3 is 2.76 bits per heavy atom. The Morgan fingerprint density at radius 2 is 2.19 bits per heavy atom. The van der Waals surface area contributed by atoms with Gasteiger partial charge in [-0.05, 0) is 38.9 Å². The molecule has 21 heavy (non-hydrogen) atoms. The zero-order valence-corrected chi connectivity index (χ0v) is 12.3. The topological polar surface area (TPSA) is 104 Å². The van der Waals surface area contributed by atoms with E-state index in [9.17, 15) is 4.79 Å². The first-order valence-corrected chi connectivity index (χ1v) is 6.88. The van der Waals surface area contributed by atoms with E-state index in [0.717, 1.165) is 18.8 Å². The van der Waals surface area contributed by atoms with E-state index in [1.165, 1.54) is 0 Å². The molecule has 0 bridgehead atoms. The number of likely N-dealkylation sites (tertiary alicyclic amines) is 1. The van der Waals surface area contributed by atoms with Crippen molar-refractivity contribution in [2.75, 3.05) is 20.1 Å².